The highest BCUT2D eigenvalue weighted by Gasteiger charge is 2.26. The van der Waals surface area contributed by atoms with Crippen LogP contribution in [0.5, 0.6) is 0 Å². The summed E-state index contributed by atoms with van der Waals surface area (Å²) in [7, 11) is -3.29. The average molecular weight is 346 g/mol. The lowest BCUT2D eigenvalue weighted by Gasteiger charge is -2.28. The van der Waals surface area contributed by atoms with Gasteiger partial charge in [-0.2, -0.15) is 0 Å². The van der Waals surface area contributed by atoms with Gasteiger partial charge in [-0.1, -0.05) is 6.92 Å². The SMILES string of the molecule is CCN(C(=O)c1ccc([N+](=O)[O-])cc1F)[C@@H](C)CS(=O)(=O)CC. The van der Waals surface area contributed by atoms with Crippen LogP contribution in [-0.4, -0.2) is 48.2 Å². The first-order valence-corrected chi connectivity index (χ1v) is 8.90. The molecule has 0 N–H and O–H groups in total. The second-order valence-corrected chi connectivity index (χ2v) is 7.46. The number of nitrogens with zero attached hydrogens (tertiary/aromatic N) is 2. The number of hydrogen-bond donors (Lipinski definition) is 0. The number of hydrogen-bond acceptors (Lipinski definition) is 5. The lowest BCUT2D eigenvalue weighted by molar-refractivity contribution is -0.385. The Kier molecular flexibility index (Phi) is 6.20. The molecule has 0 aliphatic carbocycles. The molecular formula is C14H19FN2O5S. The van der Waals surface area contributed by atoms with Crippen molar-refractivity contribution in [3.8, 4) is 0 Å². The molecule has 1 amide bonds. The zero-order valence-corrected chi connectivity index (χ0v) is 14.0. The molecule has 1 atom stereocenters. The van der Waals surface area contributed by atoms with Crippen molar-refractivity contribution in [2.75, 3.05) is 18.1 Å². The summed E-state index contributed by atoms with van der Waals surface area (Å²) < 4.78 is 37.3. The third-order valence-electron chi connectivity index (χ3n) is 3.46. The van der Waals surface area contributed by atoms with E-state index in [1.54, 1.807) is 13.8 Å². The molecule has 0 bridgehead atoms. The highest BCUT2D eigenvalue weighted by Crippen LogP contribution is 2.19. The quantitative estimate of drug-likeness (QED) is 0.556. The Balaban J connectivity index is 3.07. The first kappa shape index (κ1) is 19.0. The minimum atomic E-state index is -3.29. The van der Waals surface area contributed by atoms with Crippen LogP contribution >= 0.6 is 0 Å². The third-order valence-corrected chi connectivity index (χ3v) is 5.33. The number of rotatable bonds is 7. The van der Waals surface area contributed by atoms with E-state index in [0.717, 1.165) is 12.1 Å². The van der Waals surface area contributed by atoms with Crippen LogP contribution in [0.2, 0.25) is 0 Å². The van der Waals surface area contributed by atoms with E-state index in [4.69, 9.17) is 0 Å². The molecule has 1 rings (SSSR count). The van der Waals surface area contributed by atoms with Crippen molar-refractivity contribution < 1.29 is 22.5 Å². The molecular weight excluding hydrogens is 327 g/mol. The Morgan fingerprint density at radius 2 is 2.00 bits per heavy atom. The second-order valence-electron chi connectivity index (χ2n) is 5.06. The van der Waals surface area contributed by atoms with Crippen LogP contribution in [0, 0.1) is 15.9 Å². The van der Waals surface area contributed by atoms with E-state index in [1.165, 1.54) is 11.8 Å². The van der Waals surface area contributed by atoms with Gasteiger partial charge in [-0.15, -0.1) is 0 Å². The van der Waals surface area contributed by atoms with Gasteiger partial charge in [0.1, 0.15) is 5.82 Å². The second kappa shape index (κ2) is 7.49. The van der Waals surface area contributed by atoms with Crippen molar-refractivity contribution in [3.05, 3.63) is 39.7 Å². The van der Waals surface area contributed by atoms with Crippen molar-refractivity contribution in [1.29, 1.82) is 0 Å². The van der Waals surface area contributed by atoms with Gasteiger partial charge in [-0.3, -0.25) is 14.9 Å². The van der Waals surface area contributed by atoms with Crippen molar-refractivity contribution >= 4 is 21.4 Å². The van der Waals surface area contributed by atoms with Gasteiger partial charge >= 0.3 is 0 Å². The van der Waals surface area contributed by atoms with Crippen molar-refractivity contribution in [1.82, 2.24) is 4.90 Å². The van der Waals surface area contributed by atoms with Gasteiger partial charge < -0.3 is 4.90 Å². The molecule has 0 saturated carbocycles. The van der Waals surface area contributed by atoms with Crippen LogP contribution in [0.25, 0.3) is 0 Å². The summed E-state index contributed by atoms with van der Waals surface area (Å²) in [6.07, 6.45) is 0. The van der Waals surface area contributed by atoms with E-state index in [2.05, 4.69) is 0 Å². The van der Waals surface area contributed by atoms with Crippen LogP contribution in [0.1, 0.15) is 31.1 Å². The van der Waals surface area contributed by atoms with Crippen LogP contribution in [0.3, 0.4) is 0 Å². The largest absolute Gasteiger partial charge is 0.335 e. The summed E-state index contributed by atoms with van der Waals surface area (Å²) in [6.45, 7) is 4.92. The number of carbonyl (C=O) groups excluding carboxylic acids is 1. The lowest BCUT2D eigenvalue weighted by atomic mass is 10.1. The standard InChI is InChI=1S/C14H19FN2O5S/c1-4-16(10(3)9-23(21,22)5-2)14(18)12-7-6-11(17(19)20)8-13(12)15/h6-8,10H,4-5,9H2,1-3H3/t10-/m0/s1. The summed E-state index contributed by atoms with van der Waals surface area (Å²) in [5, 5.41) is 10.6. The van der Waals surface area contributed by atoms with E-state index in [1.807, 2.05) is 0 Å². The van der Waals surface area contributed by atoms with Crippen LogP contribution < -0.4 is 0 Å². The predicted molar refractivity (Wildman–Crippen MR) is 83.6 cm³/mol. The minimum Gasteiger partial charge on any atom is -0.335 e. The van der Waals surface area contributed by atoms with E-state index in [0.29, 0.717) is 6.07 Å². The fourth-order valence-electron chi connectivity index (χ4n) is 2.18. The maximum Gasteiger partial charge on any atom is 0.272 e. The van der Waals surface area contributed by atoms with Crippen LogP contribution in [-0.2, 0) is 9.84 Å². The normalized spacial score (nSPS) is 12.7. The topological polar surface area (TPSA) is 97.6 Å². The summed E-state index contributed by atoms with van der Waals surface area (Å²) >= 11 is 0. The first-order valence-electron chi connectivity index (χ1n) is 7.08. The van der Waals surface area contributed by atoms with E-state index < -0.39 is 38.2 Å². The van der Waals surface area contributed by atoms with Gasteiger partial charge in [0.05, 0.1) is 22.3 Å². The fourth-order valence-corrected chi connectivity index (χ4v) is 3.33. The van der Waals surface area contributed by atoms with Gasteiger partial charge in [0.2, 0.25) is 0 Å². The van der Waals surface area contributed by atoms with E-state index >= 15 is 0 Å². The zero-order valence-electron chi connectivity index (χ0n) is 13.2. The Morgan fingerprint density at radius 1 is 1.39 bits per heavy atom. The number of carbonyl (C=O) groups is 1. The first-order chi connectivity index (χ1) is 10.6. The molecule has 1 aromatic rings. The number of non-ortho nitro benzene ring substituents is 1. The Morgan fingerprint density at radius 3 is 2.43 bits per heavy atom. The maximum atomic E-state index is 14.0. The van der Waals surface area contributed by atoms with Gasteiger partial charge in [0.15, 0.2) is 9.84 Å². The van der Waals surface area contributed by atoms with Gasteiger partial charge in [-0.25, -0.2) is 12.8 Å². The Hall–Kier alpha value is -2.03. The Labute approximate surface area is 134 Å². The highest BCUT2D eigenvalue weighted by molar-refractivity contribution is 7.91. The molecule has 23 heavy (non-hydrogen) atoms. The number of nitro groups is 1. The van der Waals surface area contributed by atoms with Crippen LogP contribution in [0.15, 0.2) is 18.2 Å². The van der Waals surface area contributed by atoms with Crippen molar-refractivity contribution in [2.45, 2.75) is 26.8 Å². The van der Waals surface area contributed by atoms with Gasteiger partial charge in [0.25, 0.3) is 11.6 Å². The monoisotopic (exact) mass is 346 g/mol. The number of nitro benzene ring substituents is 1. The fraction of sp³-hybridized carbons (Fsp3) is 0.500. The molecule has 0 saturated heterocycles. The summed E-state index contributed by atoms with van der Waals surface area (Å²) in [4.78, 5) is 23.5. The predicted octanol–water partition coefficient (Wildman–Crippen LogP) is 2.02. The van der Waals surface area contributed by atoms with Crippen LogP contribution in [0.4, 0.5) is 10.1 Å². The van der Waals surface area contributed by atoms with Gasteiger partial charge in [-0.05, 0) is 19.9 Å². The molecule has 0 aliphatic heterocycles. The molecule has 0 aromatic heterocycles. The number of halogens is 1. The maximum absolute atomic E-state index is 14.0. The van der Waals surface area contributed by atoms with E-state index in [-0.39, 0.29) is 23.6 Å². The number of amides is 1. The number of benzene rings is 1. The van der Waals surface area contributed by atoms with Crippen molar-refractivity contribution in [3.63, 3.8) is 0 Å². The molecule has 1 aromatic carbocycles. The molecule has 9 heteroatoms. The summed E-state index contributed by atoms with van der Waals surface area (Å²) in [5.74, 6) is -1.97. The molecule has 0 spiro atoms. The Bertz CT molecular complexity index is 705. The molecule has 0 aliphatic rings. The van der Waals surface area contributed by atoms with E-state index in [9.17, 15) is 27.7 Å². The highest BCUT2D eigenvalue weighted by atomic mass is 32.2. The lowest BCUT2D eigenvalue weighted by Crippen LogP contribution is -2.42. The molecule has 0 radical (unpaired) electrons. The summed E-state index contributed by atoms with van der Waals surface area (Å²) in [5.41, 5.74) is -0.776. The van der Waals surface area contributed by atoms with Gasteiger partial charge in [0, 0.05) is 24.4 Å². The number of sulfone groups is 1. The molecule has 0 heterocycles. The molecule has 0 unspecified atom stereocenters. The smallest absolute Gasteiger partial charge is 0.272 e. The van der Waals surface area contributed by atoms with Crippen molar-refractivity contribution in [2.24, 2.45) is 0 Å². The minimum absolute atomic E-state index is 0.0466. The molecule has 0 fully saturated rings. The summed E-state index contributed by atoms with van der Waals surface area (Å²) in [6, 6.07) is 2.12. The average Bonchev–Trinajstić information content (AvgIpc) is 2.47. The zero-order chi connectivity index (χ0) is 17.8. The third kappa shape index (κ3) is 4.72. The molecule has 128 valence electrons. The molecule has 7 nitrogen and oxygen atoms in total.